The maximum Gasteiger partial charge on any atom is 0.227 e. The molecule has 24 heavy (non-hydrogen) atoms. The predicted octanol–water partition coefficient (Wildman–Crippen LogP) is 4.12. The summed E-state index contributed by atoms with van der Waals surface area (Å²) in [5.74, 6) is 1.40. The lowest BCUT2D eigenvalue weighted by Gasteiger charge is -2.31. The lowest BCUT2D eigenvalue weighted by atomic mass is 10.0. The molecule has 1 aromatic heterocycles. The topological polar surface area (TPSA) is 42.2 Å². The molecule has 122 valence electrons. The molecular weight excluding hydrogens is 298 g/mol. The smallest absolute Gasteiger partial charge is 0.227 e. The second-order valence-corrected chi connectivity index (χ2v) is 6.20. The maximum absolute atomic E-state index is 5.40. The van der Waals surface area contributed by atoms with Crippen LogP contribution in [-0.2, 0) is 12.8 Å². The van der Waals surface area contributed by atoms with Gasteiger partial charge in [0, 0.05) is 30.8 Å². The van der Waals surface area contributed by atoms with Crippen LogP contribution in [0.5, 0.6) is 0 Å². The van der Waals surface area contributed by atoms with E-state index in [1.54, 1.807) is 0 Å². The summed E-state index contributed by atoms with van der Waals surface area (Å²) in [7, 11) is 0. The van der Waals surface area contributed by atoms with Crippen molar-refractivity contribution in [2.75, 3.05) is 18.0 Å². The highest BCUT2D eigenvalue weighted by Gasteiger charge is 2.16. The van der Waals surface area contributed by atoms with Gasteiger partial charge in [-0.2, -0.15) is 4.98 Å². The average molecular weight is 319 g/mol. The number of para-hydroxylation sites is 1. The van der Waals surface area contributed by atoms with Crippen molar-refractivity contribution in [1.29, 1.82) is 0 Å². The predicted molar refractivity (Wildman–Crippen MR) is 95.0 cm³/mol. The lowest BCUT2D eigenvalue weighted by Crippen LogP contribution is -2.30. The van der Waals surface area contributed by atoms with Crippen LogP contribution in [-0.4, -0.2) is 23.2 Å². The third-order valence-corrected chi connectivity index (χ3v) is 4.53. The first-order chi connectivity index (χ1) is 11.9. The normalized spacial score (nSPS) is 13.8. The average Bonchev–Trinajstić information content (AvgIpc) is 3.12. The third kappa shape index (κ3) is 3.18. The second kappa shape index (κ2) is 6.87. The van der Waals surface area contributed by atoms with Gasteiger partial charge in [0.1, 0.15) is 0 Å². The zero-order valence-corrected chi connectivity index (χ0v) is 13.7. The molecule has 0 atom stereocenters. The first-order valence-corrected chi connectivity index (χ1v) is 8.61. The lowest BCUT2D eigenvalue weighted by molar-refractivity contribution is 0.376. The van der Waals surface area contributed by atoms with Crippen LogP contribution >= 0.6 is 0 Å². The minimum atomic E-state index is 0.675. The summed E-state index contributed by atoms with van der Waals surface area (Å²) >= 11 is 0. The van der Waals surface area contributed by atoms with Gasteiger partial charge in [0.15, 0.2) is 0 Å². The molecule has 0 amide bonds. The maximum atomic E-state index is 5.40. The summed E-state index contributed by atoms with van der Waals surface area (Å²) in [6, 6.07) is 18.7. The van der Waals surface area contributed by atoms with Gasteiger partial charge >= 0.3 is 0 Å². The first kappa shape index (κ1) is 14.9. The number of anilines is 1. The van der Waals surface area contributed by atoms with E-state index in [1.807, 2.05) is 30.3 Å². The Bertz CT molecular complexity index is 797. The quantitative estimate of drug-likeness (QED) is 0.709. The Morgan fingerprint density at radius 3 is 2.75 bits per heavy atom. The monoisotopic (exact) mass is 319 g/mol. The molecule has 4 nitrogen and oxygen atoms in total. The molecule has 2 heterocycles. The molecule has 2 aromatic carbocycles. The van der Waals surface area contributed by atoms with E-state index < -0.39 is 0 Å². The molecule has 3 aromatic rings. The van der Waals surface area contributed by atoms with Crippen molar-refractivity contribution in [3.8, 4) is 11.4 Å². The van der Waals surface area contributed by atoms with Crippen molar-refractivity contribution in [3.05, 3.63) is 66.1 Å². The number of hydrogen-bond acceptors (Lipinski definition) is 4. The largest absolute Gasteiger partial charge is 0.371 e. The third-order valence-electron chi connectivity index (χ3n) is 4.53. The Labute approximate surface area is 142 Å². The van der Waals surface area contributed by atoms with Crippen molar-refractivity contribution in [3.63, 3.8) is 0 Å². The number of nitrogens with zero attached hydrogens (tertiary/aromatic N) is 3. The molecular formula is C20H21N3O. The summed E-state index contributed by atoms with van der Waals surface area (Å²) in [5.41, 5.74) is 3.85. The Balaban J connectivity index is 1.36. The van der Waals surface area contributed by atoms with E-state index in [9.17, 15) is 0 Å². The van der Waals surface area contributed by atoms with Crippen LogP contribution in [0, 0.1) is 0 Å². The molecule has 0 N–H and O–H groups in total. The second-order valence-electron chi connectivity index (χ2n) is 6.20. The van der Waals surface area contributed by atoms with Gasteiger partial charge in [0.25, 0.3) is 0 Å². The molecule has 4 heteroatoms. The standard InChI is InChI=1S/C20H21N3O/c1-2-9-17(10-3-1)20-21-19(24-22-20)13-7-15-23-14-6-11-16-8-4-5-12-18(16)23/h1-5,8-10,12H,6-7,11,13-15H2. The van der Waals surface area contributed by atoms with Crippen LogP contribution in [0.25, 0.3) is 11.4 Å². The molecule has 0 unspecified atom stereocenters. The summed E-state index contributed by atoms with van der Waals surface area (Å²) in [5, 5.41) is 4.09. The van der Waals surface area contributed by atoms with Gasteiger partial charge in [-0.1, -0.05) is 53.7 Å². The van der Waals surface area contributed by atoms with Gasteiger partial charge < -0.3 is 9.42 Å². The van der Waals surface area contributed by atoms with Crippen molar-refractivity contribution in [2.45, 2.75) is 25.7 Å². The summed E-state index contributed by atoms with van der Waals surface area (Å²) < 4.78 is 5.40. The Hall–Kier alpha value is -2.62. The van der Waals surface area contributed by atoms with Gasteiger partial charge in [-0.05, 0) is 30.9 Å². The number of fused-ring (bicyclic) bond motifs is 1. The van der Waals surface area contributed by atoms with Gasteiger partial charge in [0.2, 0.25) is 11.7 Å². The highest BCUT2D eigenvalue weighted by molar-refractivity contribution is 5.55. The molecule has 0 aliphatic carbocycles. The van der Waals surface area contributed by atoms with Gasteiger partial charge in [-0.25, -0.2) is 0 Å². The van der Waals surface area contributed by atoms with Crippen molar-refractivity contribution in [1.82, 2.24) is 10.1 Å². The number of aryl methyl sites for hydroxylation is 2. The summed E-state index contributed by atoms with van der Waals surface area (Å²) in [6.45, 7) is 2.16. The van der Waals surface area contributed by atoms with Crippen molar-refractivity contribution in [2.24, 2.45) is 0 Å². The van der Waals surface area contributed by atoms with Crippen LogP contribution < -0.4 is 4.90 Å². The number of hydrogen-bond donors (Lipinski definition) is 0. The Kier molecular flexibility index (Phi) is 4.28. The number of aromatic nitrogens is 2. The fourth-order valence-corrected chi connectivity index (χ4v) is 3.33. The zero-order valence-electron chi connectivity index (χ0n) is 13.7. The molecule has 1 aliphatic rings. The van der Waals surface area contributed by atoms with E-state index in [2.05, 4.69) is 39.3 Å². The van der Waals surface area contributed by atoms with Crippen LogP contribution in [0.1, 0.15) is 24.3 Å². The molecule has 0 spiro atoms. The molecule has 0 radical (unpaired) electrons. The fourth-order valence-electron chi connectivity index (χ4n) is 3.33. The molecule has 0 saturated carbocycles. The van der Waals surface area contributed by atoms with Crippen LogP contribution in [0.15, 0.2) is 59.1 Å². The fraction of sp³-hybridized carbons (Fsp3) is 0.300. The molecule has 4 rings (SSSR count). The van der Waals surface area contributed by atoms with Gasteiger partial charge in [-0.3, -0.25) is 0 Å². The zero-order chi connectivity index (χ0) is 16.2. The SMILES string of the molecule is c1ccc(-c2noc(CCCN3CCCc4ccccc43)n2)cc1. The van der Waals surface area contributed by atoms with E-state index in [-0.39, 0.29) is 0 Å². The minimum absolute atomic E-state index is 0.675. The van der Waals surface area contributed by atoms with E-state index in [0.29, 0.717) is 5.82 Å². The van der Waals surface area contributed by atoms with Crippen LogP contribution in [0.4, 0.5) is 5.69 Å². The van der Waals surface area contributed by atoms with E-state index in [1.165, 1.54) is 24.1 Å². The van der Waals surface area contributed by atoms with Crippen molar-refractivity contribution >= 4 is 5.69 Å². The molecule has 1 aliphatic heterocycles. The van der Waals surface area contributed by atoms with E-state index in [4.69, 9.17) is 4.52 Å². The van der Waals surface area contributed by atoms with Gasteiger partial charge in [0.05, 0.1) is 0 Å². The van der Waals surface area contributed by atoms with E-state index in [0.717, 1.165) is 37.4 Å². The Morgan fingerprint density at radius 1 is 1.00 bits per heavy atom. The summed E-state index contributed by atoms with van der Waals surface area (Å²) in [4.78, 5) is 6.99. The molecule has 0 saturated heterocycles. The first-order valence-electron chi connectivity index (χ1n) is 8.61. The molecule has 0 bridgehead atoms. The van der Waals surface area contributed by atoms with Crippen LogP contribution in [0.2, 0.25) is 0 Å². The van der Waals surface area contributed by atoms with E-state index >= 15 is 0 Å². The number of rotatable bonds is 5. The van der Waals surface area contributed by atoms with Crippen LogP contribution in [0.3, 0.4) is 0 Å². The highest BCUT2D eigenvalue weighted by atomic mass is 16.5. The highest BCUT2D eigenvalue weighted by Crippen LogP contribution is 2.26. The van der Waals surface area contributed by atoms with Crippen molar-refractivity contribution < 1.29 is 4.52 Å². The van der Waals surface area contributed by atoms with Gasteiger partial charge in [-0.15, -0.1) is 0 Å². The minimum Gasteiger partial charge on any atom is -0.371 e. The summed E-state index contributed by atoms with van der Waals surface area (Å²) in [6.07, 6.45) is 4.26. The Morgan fingerprint density at radius 2 is 1.83 bits per heavy atom. The molecule has 0 fully saturated rings. The number of benzene rings is 2.